The van der Waals surface area contributed by atoms with Crippen molar-refractivity contribution in [2.24, 2.45) is 0 Å². The Morgan fingerprint density at radius 3 is 2.59 bits per heavy atom. The van der Waals surface area contributed by atoms with Gasteiger partial charge in [-0.2, -0.15) is 0 Å². The number of aromatic nitrogens is 1. The lowest BCUT2D eigenvalue weighted by atomic mass is 9.95. The Labute approximate surface area is 188 Å². The third-order valence-electron chi connectivity index (χ3n) is 6.03. The molecule has 4 nitrogen and oxygen atoms in total. The molecule has 3 aromatic rings. The van der Waals surface area contributed by atoms with E-state index in [0.29, 0.717) is 12.0 Å². The molecule has 4 rings (SSSR count). The fourth-order valence-corrected chi connectivity index (χ4v) is 4.57. The van der Waals surface area contributed by atoms with Crippen LogP contribution in [0.4, 0.5) is 4.39 Å². The normalized spacial score (nSPS) is 19.4. The van der Waals surface area contributed by atoms with E-state index in [1.165, 1.54) is 0 Å². The van der Waals surface area contributed by atoms with Crippen LogP contribution in [0.15, 0.2) is 48.5 Å². The van der Waals surface area contributed by atoms with Gasteiger partial charge < -0.3 is 14.4 Å². The summed E-state index contributed by atoms with van der Waals surface area (Å²) >= 11 is 0. The molecule has 2 unspecified atom stereocenters. The molecule has 1 N–H and O–H groups in total. The summed E-state index contributed by atoms with van der Waals surface area (Å²) in [5.41, 5.74) is 4.72. The molecule has 32 heavy (non-hydrogen) atoms. The summed E-state index contributed by atoms with van der Waals surface area (Å²) in [4.78, 5) is 11.8. The first kappa shape index (κ1) is 22.3. The van der Waals surface area contributed by atoms with Crippen molar-refractivity contribution in [1.29, 1.82) is 0 Å². The maximum Gasteiger partial charge on any atom is 0.309 e. The first-order valence-corrected chi connectivity index (χ1v) is 11.2. The summed E-state index contributed by atoms with van der Waals surface area (Å²) in [6.07, 6.45) is 3.08. The smallest absolute Gasteiger partial charge is 0.309 e. The Morgan fingerprint density at radius 1 is 1.16 bits per heavy atom. The Kier molecular flexibility index (Phi) is 6.20. The Balaban J connectivity index is 1.91. The molecule has 1 aliphatic heterocycles. The quantitative estimate of drug-likeness (QED) is 0.483. The van der Waals surface area contributed by atoms with Crippen molar-refractivity contribution < 1.29 is 19.0 Å². The molecule has 2 aromatic carbocycles. The highest BCUT2D eigenvalue weighted by molar-refractivity contribution is 6.01. The summed E-state index contributed by atoms with van der Waals surface area (Å²) < 4.78 is 22.1. The number of benzene rings is 2. The highest BCUT2D eigenvalue weighted by Gasteiger charge is 2.26. The summed E-state index contributed by atoms with van der Waals surface area (Å²) in [5, 5.41) is 11.1. The number of esters is 1. The largest absolute Gasteiger partial charge is 0.458 e. The van der Waals surface area contributed by atoms with Crippen molar-refractivity contribution in [3.8, 4) is 11.1 Å². The lowest BCUT2D eigenvalue weighted by Crippen LogP contribution is -2.31. The van der Waals surface area contributed by atoms with Crippen molar-refractivity contribution in [2.45, 2.75) is 64.7 Å². The van der Waals surface area contributed by atoms with Crippen LogP contribution >= 0.6 is 0 Å². The fourth-order valence-electron chi connectivity index (χ4n) is 4.57. The summed E-state index contributed by atoms with van der Waals surface area (Å²) in [5.74, 6) is -0.518. The van der Waals surface area contributed by atoms with E-state index in [1.54, 1.807) is 6.07 Å². The lowest BCUT2D eigenvalue weighted by Gasteiger charge is -2.23. The van der Waals surface area contributed by atoms with Gasteiger partial charge in [-0.15, -0.1) is 0 Å². The maximum atomic E-state index is 14.5. The van der Waals surface area contributed by atoms with Crippen molar-refractivity contribution in [2.75, 3.05) is 0 Å². The minimum Gasteiger partial charge on any atom is -0.458 e. The van der Waals surface area contributed by atoms with Gasteiger partial charge in [0.25, 0.3) is 0 Å². The van der Waals surface area contributed by atoms with Crippen LogP contribution in [0, 0.1) is 5.82 Å². The molecule has 5 heteroatoms. The molecule has 0 bridgehead atoms. The summed E-state index contributed by atoms with van der Waals surface area (Å²) in [6, 6.07) is 13.7. The molecule has 2 atom stereocenters. The number of para-hydroxylation sites is 1. The zero-order valence-electron chi connectivity index (χ0n) is 19.0. The van der Waals surface area contributed by atoms with Crippen LogP contribution in [-0.4, -0.2) is 27.9 Å². The number of halogens is 1. The molecule has 0 radical (unpaired) electrons. The minimum atomic E-state index is -0.688. The number of hydrogen-bond acceptors (Lipinski definition) is 3. The highest BCUT2D eigenvalue weighted by Crippen LogP contribution is 2.39. The van der Waals surface area contributed by atoms with Crippen molar-refractivity contribution in [1.82, 2.24) is 4.57 Å². The third kappa shape index (κ3) is 4.22. The Hall–Kier alpha value is -2.92. The van der Waals surface area contributed by atoms with Gasteiger partial charge in [0.1, 0.15) is 11.9 Å². The molecule has 1 fully saturated rings. The van der Waals surface area contributed by atoms with E-state index in [2.05, 4.69) is 30.5 Å². The molecule has 0 aliphatic carbocycles. The highest BCUT2D eigenvalue weighted by atomic mass is 19.1. The van der Waals surface area contributed by atoms with Crippen LogP contribution in [0.1, 0.15) is 63.8 Å². The van der Waals surface area contributed by atoms with Gasteiger partial charge in [-0.05, 0) is 61.2 Å². The fraction of sp³-hybridized carbons (Fsp3) is 0.370. The van der Waals surface area contributed by atoms with E-state index < -0.39 is 12.2 Å². The number of aliphatic hydroxyl groups is 1. The van der Waals surface area contributed by atoms with Gasteiger partial charge in [0.15, 0.2) is 0 Å². The van der Waals surface area contributed by atoms with Gasteiger partial charge in [-0.3, -0.25) is 4.79 Å². The van der Waals surface area contributed by atoms with E-state index >= 15 is 0 Å². The van der Waals surface area contributed by atoms with E-state index in [4.69, 9.17) is 4.74 Å². The SMILES string of the molecule is CC(C)c1cc(-c2c(/C=C/C3CC(O)CC(=O)O3)n(C(C)C)c3ccccc23)ccc1F. The monoisotopic (exact) mass is 435 g/mol. The van der Waals surface area contributed by atoms with Crippen LogP contribution in [0.2, 0.25) is 0 Å². The number of aliphatic hydroxyl groups excluding tert-OH is 1. The molecule has 2 heterocycles. The first-order valence-electron chi connectivity index (χ1n) is 11.2. The van der Waals surface area contributed by atoms with Crippen LogP contribution < -0.4 is 0 Å². The zero-order chi connectivity index (χ0) is 23.0. The van der Waals surface area contributed by atoms with E-state index in [0.717, 1.165) is 27.7 Å². The maximum absolute atomic E-state index is 14.5. The standard InChI is InChI=1S/C27H30FNO3/c1-16(2)22-13-18(9-11-23(22)28)27-21-7-5-6-8-24(21)29(17(3)4)25(27)12-10-20-14-19(30)15-26(31)32-20/h5-13,16-17,19-20,30H,14-15H2,1-4H3/b12-10+. The van der Waals surface area contributed by atoms with Crippen molar-refractivity contribution >= 4 is 22.9 Å². The second kappa shape index (κ2) is 8.91. The summed E-state index contributed by atoms with van der Waals surface area (Å²) in [7, 11) is 0. The third-order valence-corrected chi connectivity index (χ3v) is 6.03. The number of carbonyl (C=O) groups is 1. The predicted octanol–water partition coefficient (Wildman–Crippen LogP) is 6.23. The number of fused-ring (bicyclic) bond motifs is 1. The summed E-state index contributed by atoms with van der Waals surface area (Å²) in [6.45, 7) is 8.23. The van der Waals surface area contributed by atoms with E-state index in [1.807, 2.05) is 50.3 Å². The molecule has 0 amide bonds. The molecular weight excluding hydrogens is 405 g/mol. The Bertz CT molecular complexity index is 1180. The van der Waals surface area contributed by atoms with Crippen molar-refractivity contribution in [3.05, 3.63) is 65.6 Å². The Morgan fingerprint density at radius 2 is 1.91 bits per heavy atom. The average Bonchev–Trinajstić information content (AvgIpc) is 3.06. The number of cyclic esters (lactones) is 1. The zero-order valence-corrected chi connectivity index (χ0v) is 19.0. The van der Waals surface area contributed by atoms with Gasteiger partial charge in [0.05, 0.1) is 12.5 Å². The van der Waals surface area contributed by atoms with Gasteiger partial charge in [-0.1, -0.05) is 38.1 Å². The van der Waals surface area contributed by atoms with Gasteiger partial charge >= 0.3 is 5.97 Å². The van der Waals surface area contributed by atoms with Gasteiger partial charge in [-0.25, -0.2) is 4.39 Å². The lowest BCUT2D eigenvalue weighted by molar-refractivity contribution is -0.156. The molecule has 0 saturated carbocycles. The number of hydrogen-bond donors (Lipinski definition) is 1. The molecular formula is C27H30FNO3. The molecule has 168 valence electrons. The minimum absolute atomic E-state index is 0.0371. The van der Waals surface area contributed by atoms with Gasteiger partial charge in [0, 0.05) is 34.6 Å². The number of ether oxygens (including phenoxy) is 1. The van der Waals surface area contributed by atoms with E-state index in [-0.39, 0.29) is 30.2 Å². The predicted molar refractivity (Wildman–Crippen MR) is 126 cm³/mol. The molecule has 1 aliphatic rings. The number of carbonyl (C=O) groups excluding carboxylic acids is 1. The second-order valence-electron chi connectivity index (χ2n) is 9.11. The van der Waals surface area contributed by atoms with E-state index in [9.17, 15) is 14.3 Å². The number of rotatable bonds is 5. The van der Waals surface area contributed by atoms with Gasteiger partial charge in [0.2, 0.25) is 0 Å². The first-order chi connectivity index (χ1) is 15.3. The second-order valence-corrected chi connectivity index (χ2v) is 9.11. The van der Waals surface area contributed by atoms with Crippen LogP contribution in [0.5, 0.6) is 0 Å². The van der Waals surface area contributed by atoms with Crippen molar-refractivity contribution in [3.63, 3.8) is 0 Å². The van der Waals surface area contributed by atoms with Crippen LogP contribution in [-0.2, 0) is 9.53 Å². The topological polar surface area (TPSA) is 51.5 Å². The van der Waals surface area contributed by atoms with Crippen LogP contribution in [0.25, 0.3) is 28.1 Å². The molecule has 0 spiro atoms. The molecule has 1 saturated heterocycles. The number of nitrogens with zero attached hydrogens (tertiary/aromatic N) is 1. The average molecular weight is 436 g/mol. The molecule has 1 aromatic heterocycles. The van der Waals surface area contributed by atoms with Crippen LogP contribution in [0.3, 0.4) is 0 Å².